The van der Waals surface area contributed by atoms with E-state index < -0.39 is 0 Å². The van der Waals surface area contributed by atoms with E-state index in [-0.39, 0.29) is 0 Å². The third kappa shape index (κ3) is 4.68. The highest BCUT2D eigenvalue weighted by molar-refractivity contribution is 5.88. The van der Waals surface area contributed by atoms with Crippen LogP contribution < -0.4 is 9.80 Å². The minimum atomic E-state index is 1.05. The Bertz CT molecular complexity index is 1760. The van der Waals surface area contributed by atoms with Gasteiger partial charge >= 0.3 is 0 Å². The SMILES string of the molecule is Cc1ccc(N(c2ccccc2)c2cc3c4c(c2)CCc2cc(N(c5ccccc5)c5ccc(C)cc5)cc(c2-4)CC3)cc1. The zero-order valence-electron chi connectivity index (χ0n) is 25.4. The number of hydrogen-bond donors (Lipinski definition) is 0. The van der Waals surface area contributed by atoms with Crippen LogP contribution in [0.2, 0.25) is 0 Å². The Morgan fingerprint density at radius 1 is 0.341 bits per heavy atom. The standard InChI is InChI=1S/C42H36N2/c1-29-13-21-37(22-14-29)43(35-9-5-3-6-10-35)39-25-31-17-19-33-27-40(28-34-20-18-32(26-39)41(31)42(33)34)44(36-11-7-4-8-12-36)38-23-15-30(2)16-24-38/h3-16,21-28H,17-20H2,1-2H3. The second-order valence-electron chi connectivity index (χ2n) is 12.3. The molecule has 0 atom stereocenters. The fraction of sp³-hybridized carbons (Fsp3) is 0.143. The topological polar surface area (TPSA) is 6.48 Å². The quantitative estimate of drug-likeness (QED) is 0.197. The smallest absolute Gasteiger partial charge is 0.0467 e. The van der Waals surface area contributed by atoms with Crippen LogP contribution in [0.15, 0.2) is 133 Å². The first-order valence-electron chi connectivity index (χ1n) is 15.8. The molecule has 0 aromatic heterocycles. The summed E-state index contributed by atoms with van der Waals surface area (Å²) < 4.78 is 0. The molecule has 214 valence electrons. The predicted octanol–water partition coefficient (Wildman–Crippen LogP) is 11.1. The molecule has 44 heavy (non-hydrogen) atoms. The number of aryl methyl sites for hydroxylation is 6. The Morgan fingerprint density at radius 3 is 0.955 bits per heavy atom. The highest BCUT2D eigenvalue weighted by Crippen LogP contribution is 2.48. The molecule has 0 heterocycles. The third-order valence-corrected chi connectivity index (χ3v) is 9.28. The molecule has 6 aromatic rings. The van der Waals surface area contributed by atoms with Crippen LogP contribution in [0.1, 0.15) is 33.4 Å². The molecule has 0 aliphatic heterocycles. The van der Waals surface area contributed by atoms with Gasteiger partial charge in [-0.15, -0.1) is 0 Å². The van der Waals surface area contributed by atoms with E-state index >= 15 is 0 Å². The van der Waals surface area contributed by atoms with Crippen molar-refractivity contribution in [3.8, 4) is 11.1 Å². The second-order valence-corrected chi connectivity index (χ2v) is 12.3. The van der Waals surface area contributed by atoms with Gasteiger partial charge in [-0.05, 0) is 146 Å². The third-order valence-electron chi connectivity index (χ3n) is 9.28. The summed E-state index contributed by atoms with van der Waals surface area (Å²) in [5.74, 6) is 0. The molecule has 0 fully saturated rings. The minimum Gasteiger partial charge on any atom is -0.310 e. The van der Waals surface area contributed by atoms with E-state index in [0.717, 1.165) is 25.7 Å². The minimum absolute atomic E-state index is 1.05. The van der Waals surface area contributed by atoms with E-state index in [4.69, 9.17) is 0 Å². The molecule has 6 aromatic carbocycles. The number of hydrogen-bond acceptors (Lipinski definition) is 2. The summed E-state index contributed by atoms with van der Waals surface area (Å²) in [5.41, 5.74) is 18.7. The van der Waals surface area contributed by atoms with Crippen molar-refractivity contribution in [2.45, 2.75) is 39.5 Å². The van der Waals surface area contributed by atoms with Crippen molar-refractivity contribution >= 4 is 34.1 Å². The maximum atomic E-state index is 2.46. The Kier molecular flexibility index (Phi) is 6.56. The summed E-state index contributed by atoms with van der Waals surface area (Å²) in [4.78, 5) is 4.84. The maximum absolute atomic E-state index is 2.46. The first-order chi connectivity index (χ1) is 21.6. The zero-order chi connectivity index (χ0) is 29.6. The first kappa shape index (κ1) is 26.5. The maximum Gasteiger partial charge on any atom is 0.0467 e. The van der Waals surface area contributed by atoms with E-state index in [1.807, 2.05) is 0 Å². The van der Waals surface area contributed by atoms with Crippen molar-refractivity contribution in [2.75, 3.05) is 9.80 Å². The van der Waals surface area contributed by atoms with Crippen molar-refractivity contribution in [3.05, 3.63) is 167 Å². The lowest BCUT2D eigenvalue weighted by molar-refractivity contribution is 0.875. The average molecular weight is 569 g/mol. The van der Waals surface area contributed by atoms with Gasteiger partial charge in [-0.25, -0.2) is 0 Å². The average Bonchev–Trinajstić information content (AvgIpc) is 3.06. The number of nitrogens with zero attached hydrogens (tertiary/aromatic N) is 2. The van der Waals surface area contributed by atoms with Crippen molar-refractivity contribution in [1.82, 2.24) is 0 Å². The Morgan fingerprint density at radius 2 is 0.636 bits per heavy atom. The van der Waals surface area contributed by atoms with Gasteiger partial charge in [-0.3, -0.25) is 0 Å². The molecule has 2 nitrogen and oxygen atoms in total. The Balaban J connectivity index is 1.25. The Hall–Kier alpha value is -5.08. The van der Waals surface area contributed by atoms with Crippen molar-refractivity contribution in [1.29, 1.82) is 0 Å². The summed E-state index contributed by atoms with van der Waals surface area (Å²) in [6.45, 7) is 4.31. The van der Waals surface area contributed by atoms with Gasteiger partial charge in [0.1, 0.15) is 0 Å². The number of para-hydroxylation sites is 2. The molecule has 0 unspecified atom stereocenters. The normalized spacial score (nSPS) is 12.9. The molecule has 8 rings (SSSR count). The number of anilines is 6. The van der Waals surface area contributed by atoms with Crippen LogP contribution in [0.3, 0.4) is 0 Å². The molecule has 2 aliphatic carbocycles. The highest BCUT2D eigenvalue weighted by atomic mass is 15.1. The van der Waals surface area contributed by atoms with Crippen molar-refractivity contribution in [3.63, 3.8) is 0 Å². The lowest BCUT2D eigenvalue weighted by atomic mass is 9.75. The number of benzene rings is 6. The molecule has 0 saturated heterocycles. The van der Waals surface area contributed by atoms with E-state index in [1.54, 1.807) is 0 Å². The largest absolute Gasteiger partial charge is 0.310 e. The van der Waals surface area contributed by atoms with Gasteiger partial charge in [-0.2, -0.15) is 0 Å². The van der Waals surface area contributed by atoms with Crippen molar-refractivity contribution in [2.24, 2.45) is 0 Å². The van der Waals surface area contributed by atoms with Crippen LogP contribution in [-0.4, -0.2) is 0 Å². The molecule has 0 spiro atoms. The molecule has 0 amide bonds. The van der Waals surface area contributed by atoms with Gasteiger partial charge in [0, 0.05) is 34.1 Å². The Labute approximate surface area is 260 Å². The fourth-order valence-corrected chi connectivity index (χ4v) is 7.16. The van der Waals surface area contributed by atoms with E-state index in [9.17, 15) is 0 Å². The van der Waals surface area contributed by atoms with Crippen LogP contribution in [0, 0.1) is 13.8 Å². The fourth-order valence-electron chi connectivity index (χ4n) is 7.16. The summed E-state index contributed by atoms with van der Waals surface area (Å²) in [6.07, 6.45) is 4.22. The number of rotatable bonds is 6. The summed E-state index contributed by atoms with van der Waals surface area (Å²) in [5, 5.41) is 0. The van der Waals surface area contributed by atoms with Gasteiger partial charge in [0.25, 0.3) is 0 Å². The highest BCUT2D eigenvalue weighted by Gasteiger charge is 2.29. The van der Waals surface area contributed by atoms with Gasteiger partial charge in [0.2, 0.25) is 0 Å². The van der Waals surface area contributed by atoms with Gasteiger partial charge in [0.15, 0.2) is 0 Å². The molecule has 0 radical (unpaired) electrons. The van der Waals surface area contributed by atoms with E-state index in [0.29, 0.717) is 0 Å². The van der Waals surface area contributed by atoms with Crippen LogP contribution >= 0.6 is 0 Å². The molecule has 0 saturated carbocycles. The summed E-state index contributed by atoms with van der Waals surface area (Å²) in [7, 11) is 0. The van der Waals surface area contributed by atoms with E-state index in [2.05, 4.69) is 157 Å². The molecule has 2 heteroatoms. The monoisotopic (exact) mass is 568 g/mol. The summed E-state index contributed by atoms with van der Waals surface area (Å²) >= 11 is 0. The van der Waals surface area contributed by atoms with Crippen LogP contribution in [-0.2, 0) is 25.7 Å². The van der Waals surface area contributed by atoms with Crippen molar-refractivity contribution < 1.29 is 0 Å². The molecule has 0 bridgehead atoms. The molecular formula is C42H36N2. The zero-order valence-corrected chi connectivity index (χ0v) is 25.4. The lowest BCUT2D eigenvalue weighted by Gasteiger charge is -2.34. The van der Waals surface area contributed by atoms with Gasteiger partial charge in [0.05, 0.1) is 0 Å². The molecule has 0 N–H and O–H groups in total. The molecular weight excluding hydrogens is 532 g/mol. The lowest BCUT2D eigenvalue weighted by Crippen LogP contribution is -2.18. The predicted molar refractivity (Wildman–Crippen MR) is 186 cm³/mol. The van der Waals surface area contributed by atoms with Gasteiger partial charge in [-0.1, -0.05) is 71.8 Å². The second kappa shape index (κ2) is 10.9. The van der Waals surface area contributed by atoms with E-state index in [1.165, 1.54) is 78.6 Å². The summed E-state index contributed by atoms with van der Waals surface area (Å²) in [6, 6.07) is 49.2. The molecule has 2 aliphatic rings. The van der Waals surface area contributed by atoms with Gasteiger partial charge < -0.3 is 9.80 Å². The van der Waals surface area contributed by atoms with Crippen LogP contribution in [0.5, 0.6) is 0 Å². The van der Waals surface area contributed by atoms with Crippen LogP contribution in [0.4, 0.5) is 34.1 Å². The first-order valence-corrected chi connectivity index (χ1v) is 15.8. The van der Waals surface area contributed by atoms with Crippen LogP contribution in [0.25, 0.3) is 11.1 Å².